The molecular formula is C15H23N3O2. The molecule has 0 aliphatic heterocycles. The zero-order valence-electron chi connectivity index (χ0n) is 12.6. The fourth-order valence-corrected chi connectivity index (χ4v) is 2.01. The summed E-state index contributed by atoms with van der Waals surface area (Å²) in [5.41, 5.74) is 2.09. The van der Waals surface area contributed by atoms with E-state index in [0.717, 1.165) is 36.0 Å². The maximum absolute atomic E-state index is 5.75. The molecule has 1 N–H and O–H groups in total. The number of furan rings is 1. The average molecular weight is 277 g/mol. The van der Waals surface area contributed by atoms with Crippen LogP contribution in [0.4, 0.5) is 0 Å². The van der Waals surface area contributed by atoms with Crippen LogP contribution in [-0.4, -0.2) is 16.3 Å². The van der Waals surface area contributed by atoms with Crippen LogP contribution in [-0.2, 0) is 20.2 Å². The Morgan fingerprint density at radius 1 is 1.45 bits per heavy atom. The van der Waals surface area contributed by atoms with E-state index in [-0.39, 0.29) is 0 Å². The van der Waals surface area contributed by atoms with Crippen molar-refractivity contribution >= 4 is 0 Å². The minimum absolute atomic E-state index is 0.421. The van der Waals surface area contributed by atoms with E-state index in [2.05, 4.69) is 24.3 Å². The molecule has 5 heteroatoms. The zero-order chi connectivity index (χ0) is 14.5. The Labute approximate surface area is 119 Å². The fraction of sp³-hybridized carbons (Fsp3) is 0.533. The second kappa shape index (κ2) is 6.61. The summed E-state index contributed by atoms with van der Waals surface area (Å²) in [4.78, 5) is 0. The monoisotopic (exact) mass is 277 g/mol. The number of nitrogens with one attached hydrogen (secondary N) is 1. The molecule has 0 aliphatic carbocycles. The van der Waals surface area contributed by atoms with E-state index in [9.17, 15) is 0 Å². The first-order chi connectivity index (χ1) is 9.56. The van der Waals surface area contributed by atoms with Gasteiger partial charge in [-0.1, -0.05) is 13.8 Å². The van der Waals surface area contributed by atoms with Crippen LogP contribution in [0.5, 0.6) is 5.88 Å². The summed E-state index contributed by atoms with van der Waals surface area (Å²) in [6.45, 7) is 8.55. The van der Waals surface area contributed by atoms with E-state index >= 15 is 0 Å². The maximum atomic E-state index is 5.75. The van der Waals surface area contributed by atoms with Crippen LogP contribution in [0.2, 0.25) is 0 Å². The summed E-state index contributed by atoms with van der Waals surface area (Å²) >= 11 is 0. The third-order valence-electron chi connectivity index (χ3n) is 3.02. The van der Waals surface area contributed by atoms with E-state index in [1.54, 1.807) is 10.9 Å². The molecule has 0 amide bonds. The van der Waals surface area contributed by atoms with Gasteiger partial charge < -0.3 is 14.5 Å². The Morgan fingerprint density at radius 2 is 2.25 bits per heavy atom. The molecule has 0 atom stereocenters. The van der Waals surface area contributed by atoms with Crippen LogP contribution < -0.4 is 10.1 Å². The van der Waals surface area contributed by atoms with Crippen LogP contribution in [0, 0.1) is 12.8 Å². The molecular weight excluding hydrogens is 254 g/mol. The standard InChI is InChI=1S/C15H23N3O2/c1-11(2)8-16-9-13-5-6-19-14(13)10-20-15-7-12(3)17-18(15)4/h5-7,11,16H,8-10H2,1-4H3. The number of rotatable bonds is 7. The minimum Gasteiger partial charge on any atom is -0.470 e. The summed E-state index contributed by atoms with van der Waals surface area (Å²) < 4.78 is 13.0. The van der Waals surface area contributed by atoms with Crippen molar-refractivity contribution in [1.29, 1.82) is 0 Å². The van der Waals surface area contributed by atoms with Gasteiger partial charge >= 0.3 is 0 Å². The van der Waals surface area contributed by atoms with Gasteiger partial charge in [0.25, 0.3) is 0 Å². The highest BCUT2D eigenvalue weighted by molar-refractivity contribution is 5.18. The second-order valence-electron chi connectivity index (χ2n) is 5.43. The van der Waals surface area contributed by atoms with Crippen LogP contribution in [0.1, 0.15) is 30.9 Å². The molecule has 0 saturated heterocycles. The zero-order valence-corrected chi connectivity index (χ0v) is 12.6. The first-order valence-corrected chi connectivity index (χ1v) is 6.95. The summed E-state index contributed by atoms with van der Waals surface area (Å²) in [7, 11) is 1.87. The molecule has 2 heterocycles. The molecule has 0 bridgehead atoms. The number of ether oxygens (including phenoxy) is 1. The number of nitrogens with zero attached hydrogens (tertiary/aromatic N) is 2. The largest absolute Gasteiger partial charge is 0.470 e. The highest BCUT2D eigenvalue weighted by atomic mass is 16.5. The lowest BCUT2D eigenvalue weighted by Crippen LogP contribution is -2.19. The van der Waals surface area contributed by atoms with Crippen LogP contribution in [0.25, 0.3) is 0 Å². The van der Waals surface area contributed by atoms with E-state index in [1.165, 1.54) is 0 Å². The molecule has 2 aromatic rings. The molecule has 0 spiro atoms. The van der Waals surface area contributed by atoms with E-state index in [0.29, 0.717) is 12.5 Å². The van der Waals surface area contributed by atoms with E-state index in [4.69, 9.17) is 9.15 Å². The number of aryl methyl sites for hydroxylation is 2. The van der Waals surface area contributed by atoms with Crippen molar-refractivity contribution < 1.29 is 9.15 Å². The molecule has 2 rings (SSSR count). The lowest BCUT2D eigenvalue weighted by atomic mass is 10.2. The maximum Gasteiger partial charge on any atom is 0.212 e. The van der Waals surface area contributed by atoms with Crippen LogP contribution in [0.3, 0.4) is 0 Å². The highest BCUT2D eigenvalue weighted by Crippen LogP contribution is 2.16. The molecule has 5 nitrogen and oxygen atoms in total. The first-order valence-electron chi connectivity index (χ1n) is 6.95. The van der Waals surface area contributed by atoms with Gasteiger partial charge in [-0.15, -0.1) is 0 Å². The summed E-state index contributed by atoms with van der Waals surface area (Å²) in [6.07, 6.45) is 1.71. The van der Waals surface area contributed by atoms with E-state index < -0.39 is 0 Å². The van der Waals surface area contributed by atoms with Crippen molar-refractivity contribution in [1.82, 2.24) is 15.1 Å². The first kappa shape index (κ1) is 14.7. The third kappa shape index (κ3) is 3.87. The summed E-state index contributed by atoms with van der Waals surface area (Å²) in [6, 6.07) is 3.90. The Bertz CT molecular complexity index is 543. The SMILES string of the molecule is Cc1cc(OCc2occc2CNCC(C)C)n(C)n1. The average Bonchev–Trinajstić information content (AvgIpc) is 2.93. The summed E-state index contributed by atoms with van der Waals surface area (Å²) in [5.74, 6) is 2.25. The van der Waals surface area contributed by atoms with Gasteiger partial charge in [-0.3, -0.25) is 0 Å². The predicted molar refractivity (Wildman–Crippen MR) is 77.5 cm³/mol. The van der Waals surface area contributed by atoms with Gasteiger partial charge in [0.1, 0.15) is 12.4 Å². The quantitative estimate of drug-likeness (QED) is 0.845. The molecule has 20 heavy (non-hydrogen) atoms. The second-order valence-corrected chi connectivity index (χ2v) is 5.43. The lowest BCUT2D eigenvalue weighted by molar-refractivity contribution is 0.247. The van der Waals surface area contributed by atoms with Crippen molar-refractivity contribution in [2.24, 2.45) is 13.0 Å². The van der Waals surface area contributed by atoms with E-state index in [1.807, 2.05) is 26.1 Å². The van der Waals surface area contributed by atoms with Gasteiger partial charge in [-0.2, -0.15) is 5.10 Å². The molecule has 0 fully saturated rings. The number of hydrogen-bond donors (Lipinski definition) is 1. The smallest absolute Gasteiger partial charge is 0.212 e. The van der Waals surface area contributed by atoms with Gasteiger partial charge in [-0.25, -0.2) is 4.68 Å². The molecule has 0 unspecified atom stereocenters. The van der Waals surface area contributed by atoms with Crippen molar-refractivity contribution in [3.05, 3.63) is 35.4 Å². The Morgan fingerprint density at radius 3 is 2.90 bits per heavy atom. The molecule has 110 valence electrons. The summed E-state index contributed by atoms with van der Waals surface area (Å²) in [5, 5.41) is 7.66. The van der Waals surface area contributed by atoms with Gasteiger partial charge in [0, 0.05) is 25.2 Å². The lowest BCUT2D eigenvalue weighted by Gasteiger charge is -2.08. The molecule has 2 aromatic heterocycles. The topological polar surface area (TPSA) is 52.2 Å². The molecule has 0 aromatic carbocycles. The van der Waals surface area contributed by atoms with Gasteiger partial charge in [0.05, 0.1) is 12.0 Å². The van der Waals surface area contributed by atoms with Crippen molar-refractivity contribution in [2.75, 3.05) is 6.54 Å². The van der Waals surface area contributed by atoms with Gasteiger partial charge in [-0.05, 0) is 25.5 Å². The highest BCUT2D eigenvalue weighted by Gasteiger charge is 2.09. The van der Waals surface area contributed by atoms with Crippen LogP contribution in [0.15, 0.2) is 22.8 Å². The third-order valence-corrected chi connectivity index (χ3v) is 3.02. The molecule has 0 radical (unpaired) electrons. The van der Waals surface area contributed by atoms with Crippen molar-refractivity contribution in [3.8, 4) is 5.88 Å². The van der Waals surface area contributed by atoms with Gasteiger partial charge in [0.2, 0.25) is 5.88 Å². The number of hydrogen-bond acceptors (Lipinski definition) is 4. The van der Waals surface area contributed by atoms with Crippen LogP contribution >= 0.6 is 0 Å². The predicted octanol–water partition coefficient (Wildman–Crippen LogP) is 2.65. The Kier molecular flexibility index (Phi) is 4.84. The number of aromatic nitrogens is 2. The Balaban J connectivity index is 1.90. The fourth-order valence-electron chi connectivity index (χ4n) is 2.01. The van der Waals surface area contributed by atoms with Gasteiger partial charge in [0.15, 0.2) is 0 Å². The van der Waals surface area contributed by atoms with Crippen molar-refractivity contribution in [2.45, 2.75) is 33.9 Å². The normalized spacial score (nSPS) is 11.2. The molecule has 0 saturated carbocycles. The minimum atomic E-state index is 0.421. The Hall–Kier alpha value is -1.75. The van der Waals surface area contributed by atoms with Crippen molar-refractivity contribution in [3.63, 3.8) is 0 Å². The molecule has 0 aliphatic rings.